The summed E-state index contributed by atoms with van der Waals surface area (Å²) in [6, 6.07) is 13.6. The van der Waals surface area contributed by atoms with E-state index in [0.717, 1.165) is 18.5 Å². The smallest absolute Gasteiger partial charge is 0.220 e. The third-order valence-corrected chi connectivity index (χ3v) is 5.31. The molecule has 154 valence electrons. The first-order valence-corrected chi connectivity index (χ1v) is 10.6. The monoisotopic (exact) mass is 426 g/mol. The fourth-order valence-electron chi connectivity index (χ4n) is 2.74. The minimum Gasteiger partial charge on any atom is -0.497 e. The number of hydrogen-bond donors (Lipinski definition) is 2. The SMILES string of the molecule is CNCCCC(=O)NC(c1ccc(OC)cc1)c1cccc(S(C)(=O)=O)c1.Cl. The first kappa shape index (κ1) is 23.9. The number of sulfone groups is 1. The van der Waals surface area contributed by atoms with Crippen LogP contribution >= 0.6 is 12.4 Å². The van der Waals surface area contributed by atoms with E-state index >= 15 is 0 Å². The van der Waals surface area contributed by atoms with Crippen LogP contribution in [0.2, 0.25) is 0 Å². The summed E-state index contributed by atoms with van der Waals surface area (Å²) in [5.74, 6) is 0.624. The van der Waals surface area contributed by atoms with Crippen LogP contribution in [0.1, 0.15) is 30.0 Å². The van der Waals surface area contributed by atoms with E-state index in [1.54, 1.807) is 25.3 Å². The average molecular weight is 427 g/mol. The summed E-state index contributed by atoms with van der Waals surface area (Å²) in [6.07, 6.45) is 2.28. The number of methoxy groups -OCH3 is 1. The number of nitrogens with one attached hydrogen (secondary N) is 2. The van der Waals surface area contributed by atoms with E-state index in [1.165, 1.54) is 6.26 Å². The Morgan fingerprint density at radius 1 is 1.11 bits per heavy atom. The molecule has 0 fully saturated rings. The molecule has 0 saturated carbocycles. The number of carbonyl (C=O) groups excluding carboxylic acids is 1. The van der Waals surface area contributed by atoms with Crippen molar-refractivity contribution in [3.05, 3.63) is 59.7 Å². The molecule has 0 spiro atoms. The second kappa shape index (κ2) is 11.0. The molecule has 2 rings (SSSR count). The van der Waals surface area contributed by atoms with E-state index in [0.29, 0.717) is 17.7 Å². The normalized spacial score (nSPS) is 12.0. The number of hydrogen-bond acceptors (Lipinski definition) is 5. The second-order valence-corrected chi connectivity index (χ2v) is 8.34. The highest BCUT2D eigenvalue weighted by atomic mass is 35.5. The van der Waals surface area contributed by atoms with Crippen molar-refractivity contribution < 1.29 is 17.9 Å². The molecule has 0 heterocycles. The summed E-state index contributed by atoms with van der Waals surface area (Å²) < 4.78 is 29.0. The molecular formula is C20H27ClN2O4S. The van der Waals surface area contributed by atoms with Crippen molar-refractivity contribution >= 4 is 28.2 Å². The van der Waals surface area contributed by atoms with Crippen LogP contribution in [0, 0.1) is 0 Å². The van der Waals surface area contributed by atoms with Gasteiger partial charge in [0.25, 0.3) is 0 Å². The van der Waals surface area contributed by atoms with Gasteiger partial charge in [0, 0.05) is 12.7 Å². The molecule has 0 saturated heterocycles. The fraction of sp³-hybridized carbons (Fsp3) is 0.350. The summed E-state index contributed by atoms with van der Waals surface area (Å²) in [5.41, 5.74) is 1.56. The van der Waals surface area contributed by atoms with Crippen molar-refractivity contribution in [2.24, 2.45) is 0 Å². The minimum atomic E-state index is -3.34. The molecule has 2 aromatic carbocycles. The predicted octanol–water partition coefficient (Wildman–Crippen LogP) is 2.73. The van der Waals surface area contributed by atoms with Crippen molar-refractivity contribution in [1.29, 1.82) is 0 Å². The van der Waals surface area contributed by atoms with Crippen molar-refractivity contribution in [2.45, 2.75) is 23.8 Å². The molecule has 8 heteroatoms. The molecule has 0 aromatic heterocycles. The van der Waals surface area contributed by atoms with Crippen LogP contribution in [0.4, 0.5) is 0 Å². The van der Waals surface area contributed by atoms with Crippen molar-refractivity contribution in [3.63, 3.8) is 0 Å². The molecule has 28 heavy (non-hydrogen) atoms. The molecule has 2 N–H and O–H groups in total. The van der Waals surface area contributed by atoms with Gasteiger partial charge >= 0.3 is 0 Å². The van der Waals surface area contributed by atoms with Gasteiger partial charge in [0.15, 0.2) is 9.84 Å². The van der Waals surface area contributed by atoms with Crippen LogP contribution in [-0.4, -0.2) is 41.3 Å². The van der Waals surface area contributed by atoms with E-state index in [4.69, 9.17) is 4.74 Å². The Hall–Kier alpha value is -2.09. The highest BCUT2D eigenvalue weighted by Crippen LogP contribution is 2.26. The zero-order chi connectivity index (χ0) is 19.9. The summed E-state index contributed by atoms with van der Waals surface area (Å²) in [4.78, 5) is 12.6. The Labute approximate surface area is 173 Å². The molecule has 0 aliphatic rings. The summed E-state index contributed by atoms with van der Waals surface area (Å²) in [7, 11) is 0.0922. The largest absolute Gasteiger partial charge is 0.497 e. The van der Waals surface area contributed by atoms with Crippen LogP contribution < -0.4 is 15.4 Å². The Morgan fingerprint density at radius 2 is 1.79 bits per heavy atom. The standard InChI is InChI=1S/C20H26N2O4S.ClH/c1-21-13-5-8-19(23)22-20(15-9-11-17(26-2)12-10-15)16-6-4-7-18(14-16)27(3,24)25;/h4,6-7,9-12,14,20-21H,5,8,13H2,1-3H3,(H,22,23);1H. The Kier molecular flexibility index (Phi) is 9.45. The zero-order valence-corrected chi connectivity index (χ0v) is 17.9. The Balaban J connectivity index is 0.00000392. The van der Waals surface area contributed by atoms with Crippen molar-refractivity contribution in [3.8, 4) is 5.75 Å². The van der Waals surface area contributed by atoms with Crippen LogP contribution in [0.5, 0.6) is 5.75 Å². The Bertz CT molecular complexity index is 870. The van der Waals surface area contributed by atoms with Gasteiger partial charge in [0.1, 0.15) is 5.75 Å². The highest BCUT2D eigenvalue weighted by Gasteiger charge is 2.19. The van der Waals surface area contributed by atoms with Gasteiger partial charge in [0.2, 0.25) is 5.91 Å². The number of halogens is 1. The summed E-state index contributed by atoms with van der Waals surface area (Å²) >= 11 is 0. The third-order valence-electron chi connectivity index (χ3n) is 4.20. The molecule has 0 aliphatic heterocycles. The molecule has 1 atom stereocenters. The first-order chi connectivity index (χ1) is 12.8. The van der Waals surface area contributed by atoms with Gasteiger partial charge in [-0.2, -0.15) is 0 Å². The third kappa shape index (κ3) is 6.82. The molecule has 1 amide bonds. The molecule has 0 bridgehead atoms. The van der Waals surface area contributed by atoms with Crippen molar-refractivity contribution in [1.82, 2.24) is 10.6 Å². The van der Waals surface area contributed by atoms with E-state index in [2.05, 4.69) is 10.6 Å². The maximum Gasteiger partial charge on any atom is 0.220 e. The average Bonchev–Trinajstić information content (AvgIpc) is 2.66. The van der Waals surface area contributed by atoms with Crippen LogP contribution in [0.3, 0.4) is 0 Å². The number of rotatable bonds is 9. The maximum absolute atomic E-state index is 12.4. The quantitative estimate of drug-likeness (QED) is 0.602. The van der Waals surface area contributed by atoms with Gasteiger partial charge in [-0.05, 0) is 55.4 Å². The molecule has 6 nitrogen and oxygen atoms in total. The van der Waals surface area contributed by atoms with Crippen molar-refractivity contribution in [2.75, 3.05) is 27.0 Å². The summed E-state index contributed by atoms with van der Waals surface area (Å²) in [5, 5.41) is 6.04. The van der Waals surface area contributed by atoms with E-state index < -0.39 is 15.9 Å². The van der Waals surface area contributed by atoms with Crippen LogP contribution in [-0.2, 0) is 14.6 Å². The van der Waals surface area contributed by atoms with Gasteiger partial charge in [-0.3, -0.25) is 4.79 Å². The lowest BCUT2D eigenvalue weighted by Crippen LogP contribution is -2.29. The van der Waals surface area contributed by atoms with Crippen LogP contribution in [0.15, 0.2) is 53.4 Å². The van der Waals surface area contributed by atoms with Crippen LogP contribution in [0.25, 0.3) is 0 Å². The van der Waals surface area contributed by atoms with Gasteiger partial charge in [-0.15, -0.1) is 12.4 Å². The molecule has 0 aliphatic carbocycles. The van der Waals surface area contributed by atoms with Gasteiger partial charge in [-0.1, -0.05) is 24.3 Å². The maximum atomic E-state index is 12.4. The molecule has 0 radical (unpaired) electrons. The Morgan fingerprint density at radius 3 is 2.36 bits per heavy atom. The molecule has 1 unspecified atom stereocenters. The lowest BCUT2D eigenvalue weighted by Gasteiger charge is -2.21. The highest BCUT2D eigenvalue weighted by molar-refractivity contribution is 7.90. The van der Waals surface area contributed by atoms with E-state index in [-0.39, 0.29) is 23.2 Å². The number of ether oxygens (including phenoxy) is 1. The van der Waals surface area contributed by atoms with Gasteiger partial charge < -0.3 is 15.4 Å². The lowest BCUT2D eigenvalue weighted by atomic mass is 9.98. The zero-order valence-electron chi connectivity index (χ0n) is 16.3. The number of amides is 1. The summed E-state index contributed by atoms with van der Waals surface area (Å²) in [6.45, 7) is 0.754. The first-order valence-electron chi connectivity index (χ1n) is 8.73. The van der Waals surface area contributed by atoms with Gasteiger partial charge in [-0.25, -0.2) is 8.42 Å². The fourth-order valence-corrected chi connectivity index (χ4v) is 3.42. The lowest BCUT2D eigenvalue weighted by molar-refractivity contribution is -0.121. The topological polar surface area (TPSA) is 84.5 Å². The molecule has 2 aromatic rings. The minimum absolute atomic E-state index is 0. The predicted molar refractivity (Wildman–Crippen MR) is 113 cm³/mol. The second-order valence-electron chi connectivity index (χ2n) is 6.33. The number of carbonyl (C=O) groups is 1. The molecular weight excluding hydrogens is 400 g/mol. The van der Waals surface area contributed by atoms with Gasteiger partial charge in [0.05, 0.1) is 18.0 Å². The number of benzene rings is 2. The van der Waals surface area contributed by atoms with E-state index in [9.17, 15) is 13.2 Å². The van der Waals surface area contributed by atoms with E-state index in [1.807, 2.05) is 37.4 Å².